The van der Waals surface area contributed by atoms with Crippen LogP contribution in [-0.4, -0.2) is 23.2 Å². The number of aliphatic hydroxyl groups is 1. The molecule has 2 N–H and O–H groups in total. The summed E-state index contributed by atoms with van der Waals surface area (Å²) in [5.41, 5.74) is 0.164. The number of nitrogens with one attached hydrogen (secondary N) is 1. The number of rotatable bonds is 5. The predicted molar refractivity (Wildman–Crippen MR) is 64.0 cm³/mol. The number of carbonyl (C=O) groups is 1. The topological polar surface area (TPSA) is 49.3 Å². The molecule has 0 heterocycles. The zero-order valence-electron chi connectivity index (χ0n) is 10.2. The number of amides is 1. The zero-order chi connectivity index (χ0) is 12.9. The molecule has 0 bridgehead atoms. The Kier molecular flexibility index (Phi) is 4.63. The number of halogens is 1. The second-order valence-corrected chi connectivity index (χ2v) is 4.42. The van der Waals surface area contributed by atoms with Gasteiger partial charge in [0.15, 0.2) is 0 Å². The highest BCUT2D eigenvalue weighted by Crippen LogP contribution is 2.09. The third-order valence-electron chi connectivity index (χ3n) is 2.85. The molecule has 3 nitrogen and oxygen atoms in total. The minimum Gasteiger partial charge on any atom is -0.394 e. The van der Waals surface area contributed by atoms with Crippen molar-refractivity contribution in [3.8, 4) is 0 Å². The minimum absolute atomic E-state index is 0.0986. The van der Waals surface area contributed by atoms with E-state index in [0.717, 1.165) is 5.56 Å². The van der Waals surface area contributed by atoms with Gasteiger partial charge in [-0.3, -0.25) is 4.79 Å². The molecule has 0 aliphatic carbocycles. The molecule has 1 amide bonds. The van der Waals surface area contributed by atoms with Gasteiger partial charge in [0.2, 0.25) is 5.91 Å². The van der Waals surface area contributed by atoms with E-state index in [1.54, 1.807) is 19.1 Å². The van der Waals surface area contributed by atoms with Gasteiger partial charge in [0, 0.05) is 0 Å². The van der Waals surface area contributed by atoms with E-state index < -0.39 is 5.54 Å². The van der Waals surface area contributed by atoms with Crippen LogP contribution < -0.4 is 5.32 Å². The molecule has 0 spiro atoms. The van der Waals surface area contributed by atoms with Gasteiger partial charge in [-0.2, -0.15) is 0 Å². The van der Waals surface area contributed by atoms with Crippen LogP contribution in [0.2, 0.25) is 0 Å². The van der Waals surface area contributed by atoms with E-state index in [1.807, 2.05) is 6.92 Å². The first kappa shape index (κ1) is 13.6. The van der Waals surface area contributed by atoms with Crippen molar-refractivity contribution in [2.45, 2.75) is 32.2 Å². The van der Waals surface area contributed by atoms with Crippen LogP contribution in [0.5, 0.6) is 0 Å². The molecule has 0 fully saturated rings. The molecule has 1 aromatic carbocycles. The summed E-state index contributed by atoms with van der Waals surface area (Å²) in [6, 6.07) is 5.82. The average Bonchev–Trinajstić information content (AvgIpc) is 2.32. The maximum Gasteiger partial charge on any atom is 0.224 e. The maximum absolute atomic E-state index is 12.7. The van der Waals surface area contributed by atoms with Crippen molar-refractivity contribution in [2.24, 2.45) is 0 Å². The Hall–Kier alpha value is -1.42. The lowest BCUT2D eigenvalue weighted by Crippen LogP contribution is -2.48. The second kappa shape index (κ2) is 5.77. The van der Waals surface area contributed by atoms with E-state index in [0.29, 0.717) is 6.42 Å². The van der Waals surface area contributed by atoms with Gasteiger partial charge in [-0.25, -0.2) is 4.39 Å². The number of hydrogen-bond acceptors (Lipinski definition) is 2. The fourth-order valence-electron chi connectivity index (χ4n) is 1.41. The molecule has 1 atom stereocenters. The smallest absolute Gasteiger partial charge is 0.224 e. The summed E-state index contributed by atoms with van der Waals surface area (Å²) in [5.74, 6) is -0.488. The van der Waals surface area contributed by atoms with Crippen molar-refractivity contribution in [2.75, 3.05) is 6.61 Å². The van der Waals surface area contributed by atoms with Crippen molar-refractivity contribution in [1.82, 2.24) is 5.32 Å². The Bertz CT molecular complexity index is 372. The van der Waals surface area contributed by atoms with Gasteiger partial charge in [-0.1, -0.05) is 19.1 Å². The van der Waals surface area contributed by atoms with Crippen LogP contribution in [-0.2, 0) is 11.2 Å². The second-order valence-electron chi connectivity index (χ2n) is 4.42. The molecule has 0 aliphatic rings. The predicted octanol–water partition coefficient (Wildman–Crippen LogP) is 1.65. The summed E-state index contributed by atoms with van der Waals surface area (Å²) in [6.07, 6.45) is 0.842. The van der Waals surface area contributed by atoms with Crippen molar-refractivity contribution in [1.29, 1.82) is 0 Å². The molecule has 1 aromatic rings. The van der Waals surface area contributed by atoms with Gasteiger partial charge in [0.25, 0.3) is 0 Å². The molecule has 1 rings (SSSR count). The fourth-order valence-corrected chi connectivity index (χ4v) is 1.41. The summed E-state index contributed by atoms with van der Waals surface area (Å²) in [5, 5.41) is 11.9. The van der Waals surface area contributed by atoms with Gasteiger partial charge in [0.1, 0.15) is 5.82 Å². The summed E-state index contributed by atoms with van der Waals surface area (Å²) in [7, 11) is 0. The monoisotopic (exact) mass is 239 g/mol. The molecule has 4 heteroatoms. The number of hydrogen-bond donors (Lipinski definition) is 2. The Balaban J connectivity index is 2.58. The normalized spacial score (nSPS) is 14.1. The Morgan fingerprint density at radius 3 is 2.47 bits per heavy atom. The van der Waals surface area contributed by atoms with Crippen LogP contribution in [0.25, 0.3) is 0 Å². The quantitative estimate of drug-likeness (QED) is 0.820. The van der Waals surface area contributed by atoms with Crippen LogP contribution in [0, 0.1) is 5.82 Å². The lowest BCUT2D eigenvalue weighted by atomic mass is 9.99. The van der Waals surface area contributed by atoms with Gasteiger partial charge in [-0.15, -0.1) is 0 Å². The Morgan fingerprint density at radius 2 is 2.00 bits per heavy atom. The maximum atomic E-state index is 12.7. The lowest BCUT2D eigenvalue weighted by Gasteiger charge is -2.27. The number of aliphatic hydroxyl groups excluding tert-OH is 1. The van der Waals surface area contributed by atoms with E-state index in [2.05, 4.69) is 5.32 Å². The third kappa shape index (κ3) is 4.15. The highest BCUT2D eigenvalue weighted by Gasteiger charge is 2.22. The van der Waals surface area contributed by atoms with Gasteiger partial charge >= 0.3 is 0 Å². The highest BCUT2D eigenvalue weighted by molar-refractivity contribution is 5.79. The van der Waals surface area contributed by atoms with Crippen LogP contribution in [0.1, 0.15) is 25.8 Å². The molecular formula is C13H18FNO2. The van der Waals surface area contributed by atoms with E-state index >= 15 is 0 Å². The molecule has 94 valence electrons. The Morgan fingerprint density at radius 1 is 1.41 bits per heavy atom. The van der Waals surface area contributed by atoms with Gasteiger partial charge in [0.05, 0.1) is 18.6 Å². The molecule has 0 aliphatic heterocycles. The molecule has 1 unspecified atom stereocenters. The van der Waals surface area contributed by atoms with Gasteiger partial charge in [-0.05, 0) is 31.0 Å². The van der Waals surface area contributed by atoms with Crippen LogP contribution in [0.3, 0.4) is 0 Å². The Labute approximate surface area is 101 Å². The van der Waals surface area contributed by atoms with Crippen molar-refractivity contribution in [3.63, 3.8) is 0 Å². The molecule has 17 heavy (non-hydrogen) atoms. The summed E-state index contributed by atoms with van der Waals surface area (Å²) < 4.78 is 12.7. The highest BCUT2D eigenvalue weighted by atomic mass is 19.1. The van der Waals surface area contributed by atoms with E-state index in [4.69, 9.17) is 0 Å². The zero-order valence-corrected chi connectivity index (χ0v) is 10.2. The summed E-state index contributed by atoms with van der Waals surface area (Å²) in [6.45, 7) is 3.59. The molecule has 0 aromatic heterocycles. The summed E-state index contributed by atoms with van der Waals surface area (Å²) in [4.78, 5) is 11.7. The SMILES string of the molecule is CCC(C)(CO)NC(=O)Cc1ccc(F)cc1. The van der Waals surface area contributed by atoms with Crippen LogP contribution >= 0.6 is 0 Å². The average molecular weight is 239 g/mol. The van der Waals surface area contributed by atoms with Crippen molar-refractivity contribution < 1.29 is 14.3 Å². The largest absolute Gasteiger partial charge is 0.394 e. The fraction of sp³-hybridized carbons (Fsp3) is 0.462. The number of benzene rings is 1. The molecule has 0 saturated heterocycles. The van der Waals surface area contributed by atoms with Crippen molar-refractivity contribution >= 4 is 5.91 Å². The minimum atomic E-state index is -0.586. The first-order valence-electron chi connectivity index (χ1n) is 5.65. The first-order chi connectivity index (χ1) is 7.99. The van der Waals surface area contributed by atoms with E-state index in [9.17, 15) is 14.3 Å². The van der Waals surface area contributed by atoms with Crippen LogP contribution in [0.15, 0.2) is 24.3 Å². The van der Waals surface area contributed by atoms with E-state index in [-0.39, 0.29) is 24.8 Å². The van der Waals surface area contributed by atoms with Crippen molar-refractivity contribution in [3.05, 3.63) is 35.6 Å². The standard InChI is InChI=1S/C13H18FNO2/c1-3-13(2,9-16)15-12(17)8-10-4-6-11(14)7-5-10/h4-7,16H,3,8-9H2,1-2H3,(H,15,17). The first-order valence-corrected chi connectivity index (χ1v) is 5.65. The molecule has 0 radical (unpaired) electrons. The van der Waals surface area contributed by atoms with Gasteiger partial charge < -0.3 is 10.4 Å². The lowest BCUT2D eigenvalue weighted by molar-refractivity contribution is -0.122. The third-order valence-corrected chi connectivity index (χ3v) is 2.85. The number of carbonyl (C=O) groups excluding carboxylic acids is 1. The molecular weight excluding hydrogens is 221 g/mol. The summed E-state index contributed by atoms with van der Waals surface area (Å²) >= 11 is 0. The van der Waals surface area contributed by atoms with E-state index in [1.165, 1.54) is 12.1 Å². The van der Waals surface area contributed by atoms with Crippen LogP contribution in [0.4, 0.5) is 4.39 Å². The molecule has 0 saturated carbocycles.